The minimum absolute atomic E-state index is 0.145. The topological polar surface area (TPSA) is 89.6 Å². The Balaban J connectivity index is 1.51. The van der Waals surface area contributed by atoms with Gasteiger partial charge in [0.25, 0.3) is 0 Å². The van der Waals surface area contributed by atoms with Crippen molar-refractivity contribution in [2.24, 2.45) is 5.92 Å². The SMILES string of the molecule is CC(C)C(Nc1ncnc2sc3c(c12)CCC3)c1nc(-c2cccnc2)no1. The van der Waals surface area contributed by atoms with Gasteiger partial charge in [-0.2, -0.15) is 4.98 Å². The van der Waals surface area contributed by atoms with Crippen LogP contribution in [0.1, 0.15) is 42.6 Å². The molecule has 0 bridgehead atoms. The Hall–Kier alpha value is -2.87. The van der Waals surface area contributed by atoms with Gasteiger partial charge in [0.1, 0.15) is 23.0 Å². The van der Waals surface area contributed by atoms with E-state index in [0.29, 0.717) is 11.7 Å². The lowest BCUT2D eigenvalue weighted by atomic mass is 10.0. The number of thiophene rings is 1. The van der Waals surface area contributed by atoms with Gasteiger partial charge in [0.15, 0.2) is 0 Å². The van der Waals surface area contributed by atoms with Gasteiger partial charge in [0, 0.05) is 22.8 Å². The molecular formula is C20H20N6OS. The van der Waals surface area contributed by atoms with Crippen molar-refractivity contribution < 1.29 is 4.52 Å². The number of nitrogens with zero attached hydrogens (tertiary/aromatic N) is 5. The maximum atomic E-state index is 5.61. The Morgan fingerprint density at radius 1 is 1.21 bits per heavy atom. The van der Waals surface area contributed by atoms with Gasteiger partial charge in [-0.25, -0.2) is 9.97 Å². The second-order valence-electron chi connectivity index (χ2n) is 7.32. The van der Waals surface area contributed by atoms with Crippen molar-refractivity contribution in [1.29, 1.82) is 0 Å². The van der Waals surface area contributed by atoms with Gasteiger partial charge >= 0.3 is 0 Å². The second kappa shape index (κ2) is 6.94. The molecule has 0 aromatic carbocycles. The number of hydrogen-bond acceptors (Lipinski definition) is 8. The molecule has 1 aliphatic carbocycles. The molecule has 0 radical (unpaired) electrons. The van der Waals surface area contributed by atoms with E-state index in [1.165, 1.54) is 16.9 Å². The van der Waals surface area contributed by atoms with E-state index in [9.17, 15) is 0 Å². The quantitative estimate of drug-likeness (QED) is 0.537. The molecule has 1 N–H and O–H groups in total. The highest BCUT2D eigenvalue weighted by Gasteiger charge is 2.27. The fraction of sp³-hybridized carbons (Fsp3) is 0.350. The molecule has 0 aliphatic heterocycles. The Morgan fingerprint density at radius 3 is 2.96 bits per heavy atom. The van der Waals surface area contributed by atoms with Crippen LogP contribution in [0.4, 0.5) is 5.82 Å². The van der Waals surface area contributed by atoms with Crippen LogP contribution in [0, 0.1) is 5.92 Å². The van der Waals surface area contributed by atoms with E-state index in [2.05, 4.69) is 44.3 Å². The van der Waals surface area contributed by atoms with Crippen LogP contribution in [0.5, 0.6) is 0 Å². The number of aromatic nitrogens is 5. The maximum Gasteiger partial charge on any atom is 0.249 e. The summed E-state index contributed by atoms with van der Waals surface area (Å²) in [6.07, 6.45) is 8.52. The van der Waals surface area contributed by atoms with Crippen LogP contribution in [0.25, 0.3) is 21.6 Å². The minimum atomic E-state index is -0.145. The molecule has 4 heterocycles. The summed E-state index contributed by atoms with van der Waals surface area (Å²) in [4.78, 5) is 20.3. The van der Waals surface area contributed by atoms with Crippen molar-refractivity contribution in [2.75, 3.05) is 5.32 Å². The average Bonchev–Trinajstić information content (AvgIpc) is 3.42. The van der Waals surface area contributed by atoms with E-state index < -0.39 is 0 Å². The molecule has 0 amide bonds. The third-order valence-corrected chi connectivity index (χ3v) is 6.29. The van der Waals surface area contributed by atoms with Gasteiger partial charge in [-0.05, 0) is 42.9 Å². The lowest BCUT2D eigenvalue weighted by Gasteiger charge is -2.19. The zero-order valence-corrected chi connectivity index (χ0v) is 16.5. The first kappa shape index (κ1) is 17.2. The Labute approximate surface area is 166 Å². The number of hydrogen-bond donors (Lipinski definition) is 1. The van der Waals surface area contributed by atoms with Crippen LogP contribution in [-0.4, -0.2) is 25.1 Å². The van der Waals surface area contributed by atoms with E-state index in [0.717, 1.165) is 34.4 Å². The summed E-state index contributed by atoms with van der Waals surface area (Å²) in [6, 6.07) is 3.63. The van der Waals surface area contributed by atoms with Crippen LogP contribution < -0.4 is 5.32 Å². The Kier molecular flexibility index (Phi) is 4.27. The lowest BCUT2D eigenvalue weighted by molar-refractivity contribution is 0.336. The number of anilines is 1. The average molecular weight is 392 g/mol. The zero-order chi connectivity index (χ0) is 19.1. The van der Waals surface area contributed by atoms with Crippen LogP contribution in [-0.2, 0) is 12.8 Å². The predicted octanol–water partition coefficient (Wildman–Crippen LogP) is 4.43. The Bertz CT molecular complexity index is 1120. The summed E-state index contributed by atoms with van der Waals surface area (Å²) in [7, 11) is 0. The molecule has 0 fully saturated rings. The van der Waals surface area contributed by atoms with E-state index in [1.807, 2.05) is 12.1 Å². The van der Waals surface area contributed by atoms with Gasteiger partial charge in [0.05, 0.1) is 5.39 Å². The molecule has 4 aromatic rings. The van der Waals surface area contributed by atoms with Crippen molar-refractivity contribution >= 4 is 27.4 Å². The van der Waals surface area contributed by atoms with Crippen molar-refractivity contribution in [3.8, 4) is 11.4 Å². The fourth-order valence-corrected chi connectivity index (χ4v) is 4.90. The van der Waals surface area contributed by atoms with Crippen LogP contribution in [0.3, 0.4) is 0 Å². The van der Waals surface area contributed by atoms with Crippen molar-refractivity contribution in [3.63, 3.8) is 0 Å². The van der Waals surface area contributed by atoms with E-state index in [1.54, 1.807) is 30.1 Å². The summed E-state index contributed by atoms with van der Waals surface area (Å²) in [5.74, 6) is 2.18. The molecule has 1 unspecified atom stereocenters. The summed E-state index contributed by atoms with van der Waals surface area (Å²) in [5.41, 5.74) is 2.23. The highest BCUT2D eigenvalue weighted by Crippen LogP contribution is 2.40. The molecule has 5 rings (SSSR count). The predicted molar refractivity (Wildman–Crippen MR) is 108 cm³/mol. The maximum absolute atomic E-state index is 5.61. The normalized spacial score (nSPS) is 14.5. The largest absolute Gasteiger partial charge is 0.358 e. The third-order valence-electron chi connectivity index (χ3n) is 5.09. The molecule has 28 heavy (non-hydrogen) atoms. The lowest BCUT2D eigenvalue weighted by Crippen LogP contribution is -2.18. The summed E-state index contributed by atoms with van der Waals surface area (Å²) in [5, 5.41) is 8.86. The third kappa shape index (κ3) is 2.93. The monoisotopic (exact) mass is 392 g/mol. The molecule has 1 atom stereocenters. The first-order valence-electron chi connectivity index (χ1n) is 9.46. The van der Waals surface area contributed by atoms with Gasteiger partial charge in [0.2, 0.25) is 11.7 Å². The van der Waals surface area contributed by atoms with Crippen LogP contribution >= 0.6 is 11.3 Å². The highest BCUT2D eigenvalue weighted by atomic mass is 32.1. The molecule has 1 aliphatic rings. The van der Waals surface area contributed by atoms with Crippen molar-refractivity contribution in [1.82, 2.24) is 25.1 Å². The second-order valence-corrected chi connectivity index (χ2v) is 8.41. The Morgan fingerprint density at radius 2 is 2.14 bits per heavy atom. The number of aryl methyl sites for hydroxylation is 2. The van der Waals surface area contributed by atoms with Crippen LogP contribution in [0.2, 0.25) is 0 Å². The molecular weight excluding hydrogens is 372 g/mol. The summed E-state index contributed by atoms with van der Waals surface area (Å²) in [6.45, 7) is 4.25. The first-order valence-corrected chi connectivity index (χ1v) is 10.3. The van der Waals surface area contributed by atoms with E-state index in [-0.39, 0.29) is 12.0 Å². The summed E-state index contributed by atoms with van der Waals surface area (Å²) >= 11 is 1.78. The number of pyridine rings is 1. The highest BCUT2D eigenvalue weighted by molar-refractivity contribution is 7.19. The minimum Gasteiger partial charge on any atom is -0.358 e. The van der Waals surface area contributed by atoms with Crippen molar-refractivity contribution in [2.45, 2.75) is 39.2 Å². The molecule has 8 heteroatoms. The summed E-state index contributed by atoms with van der Waals surface area (Å²) < 4.78 is 5.61. The standard InChI is InChI=1S/C20H20N6OS/c1-11(2)16(19-25-17(26-27-19)12-5-4-8-21-9-12)24-18-15-13-6-3-7-14(13)28-20(15)23-10-22-18/h4-5,8-11,16H,3,6-7H2,1-2H3,(H,22,23,24). The van der Waals surface area contributed by atoms with E-state index >= 15 is 0 Å². The molecule has 4 aromatic heterocycles. The number of rotatable bonds is 5. The fourth-order valence-electron chi connectivity index (χ4n) is 3.67. The van der Waals surface area contributed by atoms with Gasteiger partial charge in [-0.15, -0.1) is 11.3 Å². The molecule has 0 spiro atoms. The van der Waals surface area contributed by atoms with E-state index in [4.69, 9.17) is 4.52 Å². The number of nitrogens with one attached hydrogen (secondary N) is 1. The molecule has 0 saturated carbocycles. The molecule has 7 nitrogen and oxygen atoms in total. The smallest absolute Gasteiger partial charge is 0.249 e. The molecule has 0 saturated heterocycles. The van der Waals surface area contributed by atoms with Crippen LogP contribution in [0.15, 0.2) is 35.4 Å². The number of fused-ring (bicyclic) bond motifs is 3. The zero-order valence-electron chi connectivity index (χ0n) is 15.7. The molecule has 142 valence electrons. The van der Waals surface area contributed by atoms with Gasteiger partial charge in [-0.1, -0.05) is 19.0 Å². The first-order chi connectivity index (χ1) is 13.7. The van der Waals surface area contributed by atoms with Crippen molar-refractivity contribution in [3.05, 3.63) is 47.2 Å². The van der Waals surface area contributed by atoms with Gasteiger partial charge < -0.3 is 9.84 Å². The van der Waals surface area contributed by atoms with Gasteiger partial charge in [-0.3, -0.25) is 4.98 Å².